The van der Waals surface area contributed by atoms with Crippen molar-refractivity contribution < 1.29 is 8.78 Å². The number of halogens is 3. The molecule has 2 rings (SSSR count). The molecule has 1 N–H and O–H groups in total. The number of benzene rings is 1. The molecule has 1 nitrogen and oxygen atoms in total. The Morgan fingerprint density at radius 3 is 2.88 bits per heavy atom. The summed E-state index contributed by atoms with van der Waals surface area (Å²) in [5, 5.41) is 3.17. The third kappa shape index (κ3) is 3.49. The Bertz CT molecular complexity index is 387. The van der Waals surface area contributed by atoms with Crippen LogP contribution in [0.1, 0.15) is 24.8 Å². The van der Waals surface area contributed by atoms with Gasteiger partial charge in [-0.1, -0.05) is 22.0 Å². The van der Waals surface area contributed by atoms with Crippen LogP contribution < -0.4 is 5.32 Å². The third-order valence-electron chi connectivity index (χ3n) is 3.25. The summed E-state index contributed by atoms with van der Waals surface area (Å²) in [5.74, 6) is -0.325. The van der Waals surface area contributed by atoms with Gasteiger partial charge in [-0.15, -0.1) is 0 Å². The van der Waals surface area contributed by atoms with E-state index < -0.39 is 5.67 Å². The SMILES string of the molecule is Fc1cc(Br)ccc1CC1(F)CCCNCC1. The molecular weight excluding hydrogens is 288 g/mol. The largest absolute Gasteiger partial charge is 0.317 e. The highest BCUT2D eigenvalue weighted by Crippen LogP contribution is 2.30. The standard InChI is InChI=1S/C13H16BrF2N/c14-11-3-2-10(12(15)8-11)9-13(16)4-1-6-17-7-5-13/h2-3,8,17H,1,4-7,9H2. The molecule has 0 bridgehead atoms. The minimum absolute atomic E-state index is 0.174. The van der Waals surface area contributed by atoms with Gasteiger partial charge >= 0.3 is 0 Å². The van der Waals surface area contributed by atoms with Gasteiger partial charge in [0.15, 0.2) is 0 Å². The Labute approximate surface area is 109 Å². The summed E-state index contributed by atoms with van der Waals surface area (Å²) in [5.41, 5.74) is -0.796. The number of nitrogens with one attached hydrogen (secondary N) is 1. The molecule has 1 unspecified atom stereocenters. The van der Waals surface area contributed by atoms with Gasteiger partial charge in [-0.25, -0.2) is 8.78 Å². The monoisotopic (exact) mass is 303 g/mol. The van der Waals surface area contributed by atoms with E-state index in [0.29, 0.717) is 29.4 Å². The maximum absolute atomic E-state index is 14.6. The number of rotatable bonds is 2. The van der Waals surface area contributed by atoms with Gasteiger partial charge in [-0.2, -0.15) is 0 Å². The van der Waals surface area contributed by atoms with Gasteiger partial charge in [-0.05, 0) is 50.0 Å². The van der Waals surface area contributed by atoms with Crippen LogP contribution in [0.4, 0.5) is 8.78 Å². The summed E-state index contributed by atoms with van der Waals surface area (Å²) in [7, 11) is 0. The van der Waals surface area contributed by atoms with E-state index in [1.54, 1.807) is 12.1 Å². The first-order valence-corrected chi connectivity index (χ1v) is 6.72. The van der Waals surface area contributed by atoms with Crippen molar-refractivity contribution in [1.82, 2.24) is 5.32 Å². The van der Waals surface area contributed by atoms with Crippen molar-refractivity contribution in [1.29, 1.82) is 0 Å². The molecule has 0 radical (unpaired) electrons. The minimum Gasteiger partial charge on any atom is -0.317 e. The molecule has 1 atom stereocenters. The fourth-order valence-electron chi connectivity index (χ4n) is 2.28. The number of alkyl halides is 1. The van der Waals surface area contributed by atoms with Crippen LogP contribution in [0.15, 0.2) is 22.7 Å². The van der Waals surface area contributed by atoms with Crippen molar-refractivity contribution in [2.75, 3.05) is 13.1 Å². The molecule has 4 heteroatoms. The lowest BCUT2D eigenvalue weighted by atomic mass is 9.89. The van der Waals surface area contributed by atoms with Crippen LogP contribution in [0, 0.1) is 5.82 Å². The van der Waals surface area contributed by atoms with E-state index in [1.807, 2.05) is 0 Å². The van der Waals surface area contributed by atoms with E-state index in [1.165, 1.54) is 6.07 Å². The van der Waals surface area contributed by atoms with Crippen LogP contribution in [0.2, 0.25) is 0 Å². The van der Waals surface area contributed by atoms with Crippen LogP contribution in [0.3, 0.4) is 0 Å². The van der Waals surface area contributed by atoms with E-state index in [9.17, 15) is 8.78 Å². The summed E-state index contributed by atoms with van der Waals surface area (Å²) in [6.07, 6.45) is 1.96. The zero-order valence-corrected chi connectivity index (χ0v) is 11.2. The lowest BCUT2D eigenvalue weighted by Crippen LogP contribution is -2.27. The Balaban J connectivity index is 2.12. The Morgan fingerprint density at radius 1 is 1.29 bits per heavy atom. The molecule has 1 heterocycles. The lowest BCUT2D eigenvalue weighted by molar-refractivity contribution is 0.143. The number of hydrogen-bond acceptors (Lipinski definition) is 1. The summed E-state index contributed by atoms with van der Waals surface area (Å²) >= 11 is 3.20. The predicted octanol–water partition coefficient (Wildman–Crippen LogP) is 3.61. The first-order chi connectivity index (χ1) is 8.09. The van der Waals surface area contributed by atoms with Crippen molar-refractivity contribution in [3.63, 3.8) is 0 Å². The molecule has 0 aromatic heterocycles. The molecule has 0 saturated carbocycles. The molecular formula is C13H16BrF2N. The van der Waals surface area contributed by atoms with Crippen molar-refractivity contribution in [3.8, 4) is 0 Å². The molecule has 1 aliphatic heterocycles. The maximum atomic E-state index is 14.6. The second kappa shape index (κ2) is 5.44. The van der Waals surface area contributed by atoms with Gasteiger partial charge in [0.05, 0.1) is 0 Å². The Kier molecular flexibility index (Phi) is 4.15. The van der Waals surface area contributed by atoms with E-state index in [4.69, 9.17) is 0 Å². The lowest BCUT2D eigenvalue weighted by Gasteiger charge is -2.23. The summed E-state index contributed by atoms with van der Waals surface area (Å²) in [4.78, 5) is 0. The van der Waals surface area contributed by atoms with E-state index in [2.05, 4.69) is 21.2 Å². The zero-order valence-electron chi connectivity index (χ0n) is 9.61. The smallest absolute Gasteiger partial charge is 0.127 e. The van der Waals surface area contributed by atoms with Crippen molar-refractivity contribution in [2.45, 2.75) is 31.4 Å². The van der Waals surface area contributed by atoms with E-state index in [-0.39, 0.29) is 12.2 Å². The fourth-order valence-corrected chi connectivity index (χ4v) is 2.61. The second-order valence-electron chi connectivity index (χ2n) is 4.67. The van der Waals surface area contributed by atoms with Gasteiger partial charge in [-0.3, -0.25) is 0 Å². The third-order valence-corrected chi connectivity index (χ3v) is 3.74. The molecule has 1 saturated heterocycles. The average molecular weight is 304 g/mol. The van der Waals surface area contributed by atoms with Crippen LogP contribution in [-0.4, -0.2) is 18.8 Å². The molecule has 0 amide bonds. The van der Waals surface area contributed by atoms with E-state index in [0.717, 1.165) is 13.0 Å². The van der Waals surface area contributed by atoms with Crippen LogP contribution >= 0.6 is 15.9 Å². The molecule has 1 aromatic rings. The maximum Gasteiger partial charge on any atom is 0.127 e. The summed E-state index contributed by atoms with van der Waals surface area (Å²) < 4.78 is 28.9. The second-order valence-corrected chi connectivity index (χ2v) is 5.58. The molecule has 0 spiro atoms. The van der Waals surface area contributed by atoms with Crippen LogP contribution in [0.5, 0.6) is 0 Å². The zero-order chi connectivity index (χ0) is 12.3. The van der Waals surface area contributed by atoms with Gasteiger partial charge in [0.2, 0.25) is 0 Å². The van der Waals surface area contributed by atoms with Gasteiger partial charge in [0, 0.05) is 10.9 Å². The van der Waals surface area contributed by atoms with Gasteiger partial charge in [0.1, 0.15) is 11.5 Å². The number of hydrogen-bond donors (Lipinski definition) is 1. The highest BCUT2D eigenvalue weighted by Gasteiger charge is 2.31. The molecule has 1 aliphatic rings. The average Bonchev–Trinajstić information content (AvgIpc) is 2.48. The van der Waals surface area contributed by atoms with Crippen molar-refractivity contribution >= 4 is 15.9 Å². The molecule has 17 heavy (non-hydrogen) atoms. The van der Waals surface area contributed by atoms with Crippen molar-refractivity contribution in [2.24, 2.45) is 0 Å². The molecule has 1 aromatic carbocycles. The van der Waals surface area contributed by atoms with Crippen LogP contribution in [-0.2, 0) is 6.42 Å². The highest BCUT2D eigenvalue weighted by molar-refractivity contribution is 9.10. The summed E-state index contributed by atoms with van der Waals surface area (Å²) in [6, 6.07) is 4.82. The Morgan fingerprint density at radius 2 is 2.12 bits per heavy atom. The topological polar surface area (TPSA) is 12.0 Å². The first-order valence-electron chi connectivity index (χ1n) is 5.93. The van der Waals surface area contributed by atoms with Crippen molar-refractivity contribution in [3.05, 3.63) is 34.1 Å². The molecule has 1 fully saturated rings. The van der Waals surface area contributed by atoms with E-state index >= 15 is 0 Å². The van der Waals surface area contributed by atoms with Gasteiger partial charge in [0.25, 0.3) is 0 Å². The summed E-state index contributed by atoms with van der Waals surface area (Å²) in [6.45, 7) is 1.53. The van der Waals surface area contributed by atoms with Gasteiger partial charge < -0.3 is 5.32 Å². The van der Waals surface area contributed by atoms with Crippen LogP contribution in [0.25, 0.3) is 0 Å². The Hall–Kier alpha value is -0.480. The minimum atomic E-state index is -1.27. The quantitative estimate of drug-likeness (QED) is 0.880. The molecule has 94 valence electrons. The molecule has 0 aliphatic carbocycles. The fraction of sp³-hybridized carbons (Fsp3) is 0.538. The highest BCUT2D eigenvalue weighted by atomic mass is 79.9. The first kappa shape index (κ1) is 13.0. The predicted molar refractivity (Wildman–Crippen MR) is 68.4 cm³/mol. The normalized spacial score (nSPS) is 25.6.